The van der Waals surface area contributed by atoms with Crippen molar-refractivity contribution in [1.82, 2.24) is 0 Å². The van der Waals surface area contributed by atoms with Gasteiger partial charge in [0.25, 0.3) is 0 Å². The van der Waals surface area contributed by atoms with E-state index in [1.54, 1.807) is 7.11 Å². The summed E-state index contributed by atoms with van der Waals surface area (Å²) in [6, 6.07) is 0. The number of aliphatic hydroxyl groups is 1. The van der Waals surface area contributed by atoms with Gasteiger partial charge in [0.1, 0.15) is 0 Å². The Bertz CT molecular complexity index is 109. The Kier molecular flexibility index (Phi) is 4.00. The van der Waals surface area contributed by atoms with Crippen LogP contribution in [0.4, 0.5) is 0 Å². The van der Waals surface area contributed by atoms with Gasteiger partial charge in [0, 0.05) is 18.6 Å². The van der Waals surface area contributed by atoms with E-state index >= 15 is 0 Å². The van der Waals surface area contributed by atoms with Gasteiger partial charge in [-0.2, -0.15) is 0 Å². The molecule has 11 heavy (non-hydrogen) atoms. The second kappa shape index (κ2) is 4.04. The van der Waals surface area contributed by atoms with Crippen molar-refractivity contribution >= 4 is 0 Å². The van der Waals surface area contributed by atoms with Crippen LogP contribution in [0.15, 0.2) is 0 Å². The lowest BCUT2D eigenvalue weighted by molar-refractivity contribution is 0.0165. The fourth-order valence-corrected chi connectivity index (χ4v) is 1.09. The van der Waals surface area contributed by atoms with Gasteiger partial charge < -0.3 is 15.6 Å². The number of rotatable bonds is 4. The maximum Gasteiger partial charge on any atom is 0.0761 e. The monoisotopic (exact) mass is 161 g/mol. The van der Waals surface area contributed by atoms with Crippen molar-refractivity contribution in [1.29, 1.82) is 0 Å². The molecule has 0 aromatic carbocycles. The van der Waals surface area contributed by atoms with E-state index < -0.39 is 11.6 Å². The van der Waals surface area contributed by atoms with Gasteiger partial charge in [-0.05, 0) is 13.8 Å². The molecule has 2 unspecified atom stereocenters. The lowest BCUT2D eigenvalue weighted by Crippen LogP contribution is -2.49. The van der Waals surface area contributed by atoms with Gasteiger partial charge in [-0.15, -0.1) is 0 Å². The Morgan fingerprint density at radius 3 is 2.27 bits per heavy atom. The van der Waals surface area contributed by atoms with Crippen LogP contribution in [-0.4, -0.2) is 30.5 Å². The molecule has 3 nitrogen and oxygen atoms in total. The third-order valence-electron chi connectivity index (χ3n) is 1.73. The minimum Gasteiger partial charge on any atom is -0.391 e. The maximum atomic E-state index is 9.58. The molecular formula is C8H19NO2. The molecule has 3 N–H and O–H groups in total. The van der Waals surface area contributed by atoms with Gasteiger partial charge in [0.2, 0.25) is 0 Å². The van der Waals surface area contributed by atoms with E-state index in [1.165, 1.54) is 0 Å². The molecule has 0 saturated heterocycles. The number of hydrogen-bond donors (Lipinski definition) is 2. The third kappa shape index (κ3) is 3.70. The van der Waals surface area contributed by atoms with Crippen LogP contribution in [-0.2, 0) is 4.74 Å². The Labute approximate surface area is 68.5 Å². The molecule has 0 heterocycles. The van der Waals surface area contributed by atoms with Crippen molar-refractivity contribution < 1.29 is 9.84 Å². The number of aliphatic hydroxyl groups excluding tert-OH is 1. The van der Waals surface area contributed by atoms with Crippen molar-refractivity contribution in [3.8, 4) is 0 Å². The molecule has 0 fully saturated rings. The largest absolute Gasteiger partial charge is 0.391 e. The first kappa shape index (κ1) is 10.9. The van der Waals surface area contributed by atoms with Crippen molar-refractivity contribution in [2.24, 2.45) is 11.7 Å². The maximum absolute atomic E-state index is 9.58. The van der Waals surface area contributed by atoms with Gasteiger partial charge in [-0.3, -0.25) is 0 Å². The number of hydrogen-bond acceptors (Lipinski definition) is 3. The molecule has 0 spiro atoms. The highest BCUT2D eigenvalue weighted by Crippen LogP contribution is 2.14. The Morgan fingerprint density at radius 2 is 2.00 bits per heavy atom. The van der Waals surface area contributed by atoms with E-state index in [0.29, 0.717) is 6.61 Å². The normalized spacial score (nSPS) is 18.0. The smallest absolute Gasteiger partial charge is 0.0761 e. The molecule has 0 bridgehead atoms. The molecule has 3 heteroatoms. The van der Waals surface area contributed by atoms with E-state index in [-0.39, 0.29) is 5.92 Å². The summed E-state index contributed by atoms with van der Waals surface area (Å²) < 4.78 is 4.90. The Morgan fingerprint density at radius 1 is 1.55 bits per heavy atom. The first-order valence-corrected chi connectivity index (χ1v) is 3.85. The first-order valence-electron chi connectivity index (χ1n) is 3.85. The zero-order chi connectivity index (χ0) is 9.07. The minimum atomic E-state index is -0.544. The van der Waals surface area contributed by atoms with E-state index in [2.05, 4.69) is 0 Å². The van der Waals surface area contributed by atoms with E-state index in [0.717, 1.165) is 0 Å². The van der Waals surface area contributed by atoms with Crippen molar-refractivity contribution in [3.05, 3.63) is 0 Å². The molecule has 0 rings (SSSR count). The van der Waals surface area contributed by atoms with Crippen molar-refractivity contribution in [2.45, 2.75) is 32.4 Å². The first-order chi connectivity index (χ1) is 4.89. The second-order valence-electron chi connectivity index (χ2n) is 3.70. The van der Waals surface area contributed by atoms with Gasteiger partial charge in [-0.25, -0.2) is 0 Å². The van der Waals surface area contributed by atoms with Gasteiger partial charge >= 0.3 is 0 Å². The summed E-state index contributed by atoms with van der Waals surface area (Å²) in [5.74, 6) is 0.0833. The zero-order valence-corrected chi connectivity index (χ0v) is 7.79. The van der Waals surface area contributed by atoms with Crippen LogP contribution >= 0.6 is 0 Å². The summed E-state index contributed by atoms with van der Waals surface area (Å²) in [6.45, 7) is 6.08. The molecule has 2 atom stereocenters. The standard InChI is InChI=1S/C8H19NO2/c1-6(5-11-4)7(10)8(2,3)9/h6-7,10H,5,9H2,1-4H3. The highest BCUT2D eigenvalue weighted by Gasteiger charge is 2.27. The topological polar surface area (TPSA) is 55.5 Å². The number of nitrogens with two attached hydrogens (primary N) is 1. The summed E-state index contributed by atoms with van der Waals surface area (Å²) >= 11 is 0. The quantitative estimate of drug-likeness (QED) is 0.626. The van der Waals surface area contributed by atoms with Crippen LogP contribution in [0.2, 0.25) is 0 Å². The summed E-state index contributed by atoms with van der Waals surface area (Å²) in [7, 11) is 1.62. The van der Waals surface area contributed by atoms with Crippen molar-refractivity contribution in [3.63, 3.8) is 0 Å². The highest BCUT2D eigenvalue weighted by molar-refractivity contribution is 4.84. The SMILES string of the molecule is COCC(C)C(O)C(C)(C)N. The molecule has 0 aliphatic rings. The summed E-state index contributed by atoms with van der Waals surface area (Å²) in [4.78, 5) is 0. The van der Waals surface area contributed by atoms with Crippen LogP contribution < -0.4 is 5.73 Å². The van der Waals surface area contributed by atoms with Crippen LogP contribution in [0.5, 0.6) is 0 Å². The van der Waals surface area contributed by atoms with E-state index in [4.69, 9.17) is 10.5 Å². The fourth-order valence-electron chi connectivity index (χ4n) is 1.09. The molecule has 0 amide bonds. The van der Waals surface area contributed by atoms with E-state index in [9.17, 15) is 5.11 Å². The lowest BCUT2D eigenvalue weighted by atomic mass is 9.89. The zero-order valence-electron chi connectivity index (χ0n) is 7.79. The third-order valence-corrected chi connectivity index (χ3v) is 1.73. The molecule has 0 radical (unpaired) electrons. The van der Waals surface area contributed by atoms with Gasteiger partial charge in [0.15, 0.2) is 0 Å². The van der Waals surface area contributed by atoms with Gasteiger partial charge in [-0.1, -0.05) is 6.92 Å². The molecule has 68 valence electrons. The van der Waals surface area contributed by atoms with Crippen LogP contribution in [0.1, 0.15) is 20.8 Å². The van der Waals surface area contributed by atoms with Crippen molar-refractivity contribution in [2.75, 3.05) is 13.7 Å². The average Bonchev–Trinajstić information content (AvgIpc) is 1.85. The molecule has 0 saturated carbocycles. The summed E-state index contributed by atoms with van der Waals surface area (Å²) in [5.41, 5.74) is 5.16. The van der Waals surface area contributed by atoms with E-state index in [1.807, 2.05) is 20.8 Å². The Balaban J connectivity index is 3.91. The predicted molar refractivity (Wildman–Crippen MR) is 45.3 cm³/mol. The van der Waals surface area contributed by atoms with Crippen LogP contribution in [0, 0.1) is 5.92 Å². The fraction of sp³-hybridized carbons (Fsp3) is 1.00. The second-order valence-corrected chi connectivity index (χ2v) is 3.70. The predicted octanol–water partition coefficient (Wildman–Crippen LogP) is 0.367. The van der Waals surface area contributed by atoms with Crippen LogP contribution in [0.25, 0.3) is 0 Å². The molecule has 0 aromatic rings. The molecule has 0 aromatic heterocycles. The number of methoxy groups -OCH3 is 1. The molecular weight excluding hydrogens is 142 g/mol. The molecule has 0 aliphatic carbocycles. The Hall–Kier alpha value is -0.120. The average molecular weight is 161 g/mol. The highest BCUT2D eigenvalue weighted by atomic mass is 16.5. The minimum absolute atomic E-state index is 0.0833. The summed E-state index contributed by atoms with van der Waals surface area (Å²) in [5, 5.41) is 9.58. The number of ether oxygens (including phenoxy) is 1. The van der Waals surface area contributed by atoms with Gasteiger partial charge in [0.05, 0.1) is 12.7 Å². The lowest BCUT2D eigenvalue weighted by Gasteiger charge is -2.30. The van der Waals surface area contributed by atoms with Crippen LogP contribution in [0.3, 0.4) is 0 Å². The molecule has 0 aliphatic heterocycles. The summed E-state index contributed by atoms with van der Waals surface area (Å²) in [6.07, 6.45) is -0.512.